The number of aliphatic hydroxyl groups excluding tert-OH is 2. The van der Waals surface area contributed by atoms with Gasteiger partial charge in [-0.2, -0.15) is 0 Å². The van der Waals surface area contributed by atoms with Crippen molar-refractivity contribution >= 4 is 30.2 Å². The first-order chi connectivity index (χ1) is 23.5. The zero-order chi connectivity index (χ0) is 35.1. The van der Waals surface area contributed by atoms with Gasteiger partial charge in [0.2, 0.25) is 6.29 Å². The van der Waals surface area contributed by atoms with E-state index in [4.69, 9.17) is 18.9 Å². The van der Waals surface area contributed by atoms with Crippen LogP contribution in [0.15, 0.2) is 91.0 Å². The minimum atomic E-state index is -1.76. The van der Waals surface area contributed by atoms with E-state index in [1.807, 2.05) is 6.07 Å². The number of benzene rings is 4. The maximum atomic E-state index is 12.8. The highest BCUT2D eigenvalue weighted by Gasteiger charge is 2.48. The van der Waals surface area contributed by atoms with Crippen molar-refractivity contribution in [1.82, 2.24) is 0 Å². The lowest BCUT2D eigenvalue weighted by atomic mass is 9.99. The number of phenolic OH excluding ortho intramolecular Hbond substituents is 5. The quantitative estimate of drug-likeness (QED) is 0.0555. The molecule has 49 heavy (non-hydrogen) atoms. The van der Waals surface area contributed by atoms with Crippen molar-refractivity contribution in [1.29, 1.82) is 0 Å². The molecule has 0 unspecified atom stereocenters. The number of aliphatic hydroxyl groups is 2. The molecular weight excluding hydrogens is 640 g/mol. The molecule has 13 heteroatoms. The van der Waals surface area contributed by atoms with Gasteiger partial charge in [-0.3, -0.25) is 0 Å². The first-order valence-corrected chi connectivity index (χ1v) is 14.8. The highest BCUT2D eigenvalue weighted by atomic mass is 16.7. The Bertz CT molecular complexity index is 1790. The summed E-state index contributed by atoms with van der Waals surface area (Å²) in [4.78, 5) is 25.4. The summed E-state index contributed by atoms with van der Waals surface area (Å²) in [5.74, 6) is -4.27. The Morgan fingerprint density at radius 1 is 0.714 bits per heavy atom. The van der Waals surface area contributed by atoms with Gasteiger partial charge in [0.15, 0.2) is 23.4 Å². The standard InChI is InChI=1S/C36H32O13/c37-24-14-22(15-25(38)18-24)7-6-21-8-11-26(12-9-21)47-36-34(49-30(41)13-10-20-4-2-1-3-5-20)33(44)32(43)29(48-36)19-46-35(45)23-16-27(39)31(42)28(40)17-23/h1-18,29,32-34,36-40,42-44H,19H2/b7-6+,13-10+/t29-,32-,33+,34-,36-/m1/s1. The molecule has 7 N–H and O–H groups in total. The van der Waals surface area contributed by atoms with E-state index in [9.17, 15) is 45.3 Å². The predicted octanol–water partition coefficient (Wildman–Crippen LogP) is 3.69. The summed E-state index contributed by atoms with van der Waals surface area (Å²) in [6.07, 6.45) is -1.91. The van der Waals surface area contributed by atoms with Crippen molar-refractivity contribution in [2.75, 3.05) is 6.61 Å². The smallest absolute Gasteiger partial charge is 0.338 e. The minimum absolute atomic E-state index is 0.0963. The average molecular weight is 673 g/mol. The van der Waals surface area contributed by atoms with Gasteiger partial charge in [0.25, 0.3) is 0 Å². The molecule has 5 rings (SSSR count). The lowest BCUT2D eigenvalue weighted by molar-refractivity contribution is -0.281. The highest BCUT2D eigenvalue weighted by molar-refractivity contribution is 5.91. The number of ether oxygens (including phenoxy) is 4. The van der Waals surface area contributed by atoms with Crippen molar-refractivity contribution in [2.45, 2.75) is 30.7 Å². The monoisotopic (exact) mass is 672 g/mol. The first kappa shape index (κ1) is 34.3. The molecule has 254 valence electrons. The Morgan fingerprint density at radius 2 is 1.33 bits per heavy atom. The first-order valence-electron chi connectivity index (χ1n) is 14.8. The molecule has 1 heterocycles. The summed E-state index contributed by atoms with van der Waals surface area (Å²) >= 11 is 0. The van der Waals surface area contributed by atoms with E-state index in [1.165, 1.54) is 24.3 Å². The van der Waals surface area contributed by atoms with E-state index in [-0.39, 0.29) is 22.8 Å². The van der Waals surface area contributed by atoms with Crippen LogP contribution in [0.4, 0.5) is 0 Å². The number of carbonyl (C=O) groups is 2. The molecule has 1 fully saturated rings. The molecule has 0 saturated carbocycles. The van der Waals surface area contributed by atoms with Gasteiger partial charge in [0.05, 0.1) is 5.56 Å². The van der Waals surface area contributed by atoms with Gasteiger partial charge in [-0.15, -0.1) is 0 Å². The average Bonchev–Trinajstić information content (AvgIpc) is 3.08. The number of hydrogen-bond donors (Lipinski definition) is 7. The van der Waals surface area contributed by atoms with E-state index in [2.05, 4.69) is 0 Å². The number of aromatic hydroxyl groups is 5. The molecule has 0 amide bonds. The lowest BCUT2D eigenvalue weighted by Gasteiger charge is -2.41. The molecule has 1 aliphatic heterocycles. The van der Waals surface area contributed by atoms with Crippen LogP contribution in [0, 0.1) is 0 Å². The molecule has 4 aromatic carbocycles. The summed E-state index contributed by atoms with van der Waals surface area (Å²) in [5, 5.41) is 70.3. The van der Waals surface area contributed by atoms with E-state index in [0.717, 1.165) is 18.2 Å². The van der Waals surface area contributed by atoms with E-state index < -0.39 is 66.5 Å². The topological polar surface area (TPSA) is 213 Å². The highest BCUT2D eigenvalue weighted by Crippen LogP contribution is 2.36. The minimum Gasteiger partial charge on any atom is -0.508 e. The van der Waals surface area contributed by atoms with Gasteiger partial charge in [-0.25, -0.2) is 9.59 Å². The zero-order valence-corrected chi connectivity index (χ0v) is 25.6. The van der Waals surface area contributed by atoms with Crippen LogP contribution in [0.2, 0.25) is 0 Å². The Morgan fingerprint density at radius 3 is 1.98 bits per heavy atom. The molecule has 0 aliphatic carbocycles. The molecule has 1 aliphatic rings. The van der Waals surface area contributed by atoms with Crippen LogP contribution in [0.1, 0.15) is 27.0 Å². The van der Waals surface area contributed by atoms with Gasteiger partial charge in [0.1, 0.15) is 42.2 Å². The fourth-order valence-corrected chi connectivity index (χ4v) is 4.83. The van der Waals surface area contributed by atoms with Crippen LogP contribution < -0.4 is 4.74 Å². The maximum absolute atomic E-state index is 12.8. The molecular formula is C36H32O13. The molecule has 0 radical (unpaired) electrons. The number of rotatable bonds is 10. The Kier molecular flexibility index (Phi) is 10.7. The largest absolute Gasteiger partial charge is 0.508 e. The molecule has 1 saturated heterocycles. The molecule has 5 atom stereocenters. The van der Waals surface area contributed by atoms with Crippen LogP contribution in [0.25, 0.3) is 18.2 Å². The van der Waals surface area contributed by atoms with Crippen molar-refractivity contribution in [2.24, 2.45) is 0 Å². The Balaban J connectivity index is 1.32. The van der Waals surface area contributed by atoms with Crippen molar-refractivity contribution in [3.63, 3.8) is 0 Å². The van der Waals surface area contributed by atoms with Crippen molar-refractivity contribution in [3.8, 4) is 34.5 Å². The van der Waals surface area contributed by atoms with Crippen LogP contribution in [0.5, 0.6) is 34.5 Å². The number of esters is 2. The fraction of sp³-hybridized carbons (Fsp3) is 0.167. The Hall–Kier alpha value is -6.02. The third-order valence-electron chi connectivity index (χ3n) is 7.32. The lowest BCUT2D eigenvalue weighted by Crippen LogP contribution is -2.61. The third-order valence-corrected chi connectivity index (χ3v) is 7.32. The second-order valence-corrected chi connectivity index (χ2v) is 10.9. The second kappa shape index (κ2) is 15.3. The molecule has 0 aromatic heterocycles. The van der Waals surface area contributed by atoms with Crippen LogP contribution in [-0.4, -0.2) is 85.0 Å². The van der Waals surface area contributed by atoms with E-state index in [0.29, 0.717) is 16.7 Å². The zero-order valence-electron chi connectivity index (χ0n) is 25.6. The van der Waals surface area contributed by atoms with Crippen molar-refractivity contribution < 1.29 is 64.3 Å². The van der Waals surface area contributed by atoms with Crippen LogP contribution in [-0.2, 0) is 19.0 Å². The summed E-state index contributed by atoms with van der Waals surface area (Å²) in [6.45, 7) is -0.637. The fourth-order valence-electron chi connectivity index (χ4n) is 4.83. The SMILES string of the molecule is O=C(/C=C/c1ccccc1)O[C@H]1[C@H](Oc2ccc(/C=C/c3cc(O)cc(O)c3)cc2)O[C@H](COC(=O)c2cc(O)c(O)c(O)c2)[C@@H](O)[C@@H]1O. The third kappa shape index (κ3) is 8.87. The van der Waals surface area contributed by atoms with E-state index in [1.54, 1.807) is 60.7 Å². The van der Waals surface area contributed by atoms with Gasteiger partial charge in [0, 0.05) is 12.1 Å². The summed E-state index contributed by atoms with van der Waals surface area (Å²) < 4.78 is 22.4. The molecule has 0 spiro atoms. The van der Waals surface area contributed by atoms with Gasteiger partial charge >= 0.3 is 11.9 Å². The second-order valence-electron chi connectivity index (χ2n) is 10.9. The van der Waals surface area contributed by atoms with Gasteiger partial charge in [-0.1, -0.05) is 54.6 Å². The summed E-state index contributed by atoms with van der Waals surface area (Å²) in [5.41, 5.74) is 1.65. The Labute approximate surface area is 279 Å². The maximum Gasteiger partial charge on any atom is 0.338 e. The normalized spacial score (nSPS) is 20.7. The van der Waals surface area contributed by atoms with E-state index >= 15 is 0 Å². The van der Waals surface area contributed by atoms with Gasteiger partial charge < -0.3 is 54.7 Å². The summed E-state index contributed by atoms with van der Waals surface area (Å²) in [7, 11) is 0. The van der Waals surface area contributed by atoms with Gasteiger partial charge in [-0.05, 0) is 59.2 Å². The number of phenols is 5. The summed E-state index contributed by atoms with van der Waals surface area (Å²) in [6, 6.07) is 21.2. The van der Waals surface area contributed by atoms with Crippen molar-refractivity contribution in [3.05, 3.63) is 113 Å². The molecule has 4 aromatic rings. The number of carbonyl (C=O) groups excluding carboxylic acids is 2. The number of hydrogen-bond acceptors (Lipinski definition) is 13. The van der Waals surface area contributed by atoms with Crippen LogP contribution >= 0.6 is 0 Å². The van der Waals surface area contributed by atoms with Crippen LogP contribution in [0.3, 0.4) is 0 Å². The predicted molar refractivity (Wildman–Crippen MR) is 174 cm³/mol. The molecule has 13 nitrogen and oxygen atoms in total. The molecule has 0 bridgehead atoms.